The first kappa shape index (κ1) is 13.0. The van der Waals surface area contributed by atoms with E-state index >= 15 is 0 Å². The molecule has 0 aliphatic carbocycles. The molecule has 0 unspecified atom stereocenters. The fraction of sp³-hybridized carbons (Fsp3) is 0.286. The van der Waals surface area contributed by atoms with Gasteiger partial charge in [-0.1, -0.05) is 6.92 Å². The van der Waals surface area contributed by atoms with Crippen LogP contribution in [0, 0.1) is 6.92 Å². The minimum absolute atomic E-state index is 0.456. The summed E-state index contributed by atoms with van der Waals surface area (Å²) in [4.78, 5) is 8.58. The highest BCUT2D eigenvalue weighted by atomic mass is 79.9. The van der Waals surface area contributed by atoms with Gasteiger partial charge in [0.05, 0.1) is 5.69 Å². The number of pyridine rings is 2. The number of hydrogen-bond acceptors (Lipinski definition) is 3. The van der Waals surface area contributed by atoms with Gasteiger partial charge in [-0.05, 0) is 59.1 Å². The summed E-state index contributed by atoms with van der Waals surface area (Å²) >= 11 is 3.39. The van der Waals surface area contributed by atoms with Crippen LogP contribution in [-0.4, -0.2) is 9.97 Å². The van der Waals surface area contributed by atoms with Crippen LogP contribution in [0.5, 0.6) is 5.75 Å². The highest BCUT2D eigenvalue weighted by Gasteiger charge is 2.04. The van der Waals surface area contributed by atoms with Gasteiger partial charge in [0.1, 0.15) is 11.2 Å². The zero-order valence-corrected chi connectivity index (χ0v) is 12.1. The monoisotopic (exact) mass is 306 g/mol. The first-order chi connectivity index (χ1) is 8.69. The third-order valence-electron chi connectivity index (χ3n) is 2.62. The first-order valence-electron chi connectivity index (χ1n) is 5.89. The van der Waals surface area contributed by atoms with Crippen LogP contribution in [0.15, 0.2) is 35.1 Å². The zero-order valence-electron chi connectivity index (χ0n) is 10.5. The van der Waals surface area contributed by atoms with Crippen molar-refractivity contribution in [1.29, 1.82) is 0 Å². The Morgan fingerprint density at radius 1 is 1.28 bits per heavy atom. The summed E-state index contributed by atoms with van der Waals surface area (Å²) in [5, 5.41) is 0. The van der Waals surface area contributed by atoms with Crippen LogP contribution in [0.2, 0.25) is 0 Å². The van der Waals surface area contributed by atoms with Gasteiger partial charge in [-0.3, -0.25) is 4.98 Å². The molecule has 0 amide bonds. The molecule has 18 heavy (non-hydrogen) atoms. The molecule has 0 saturated carbocycles. The van der Waals surface area contributed by atoms with E-state index in [1.165, 1.54) is 5.56 Å². The van der Waals surface area contributed by atoms with Crippen LogP contribution < -0.4 is 4.74 Å². The predicted molar refractivity (Wildman–Crippen MR) is 74.6 cm³/mol. The molecule has 3 nitrogen and oxygen atoms in total. The SMILES string of the molecule is CCc1ccnc(COc2ccc(C)nc2Br)c1. The number of nitrogens with zero attached hydrogens (tertiary/aromatic N) is 2. The molecule has 2 aromatic heterocycles. The molecule has 0 spiro atoms. The molecule has 2 rings (SSSR count). The van der Waals surface area contributed by atoms with Gasteiger partial charge in [-0.2, -0.15) is 0 Å². The van der Waals surface area contributed by atoms with Gasteiger partial charge in [0.25, 0.3) is 0 Å². The van der Waals surface area contributed by atoms with E-state index < -0.39 is 0 Å². The second-order valence-electron chi connectivity index (χ2n) is 4.04. The third-order valence-corrected chi connectivity index (χ3v) is 3.19. The number of ether oxygens (including phenoxy) is 1. The Hall–Kier alpha value is -1.42. The number of aromatic nitrogens is 2. The van der Waals surface area contributed by atoms with E-state index in [-0.39, 0.29) is 0 Å². The Kier molecular flexibility index (Phi) is 4.31. The lowest BCUT2D eigenvalue weighted by molar-refractivity contribution is 0.297. The smallest absolute Gasteiger partial charge is 0.152 e. The van der Waals surface area contributed by atoms with Gasteiger partial charge in [0.2, 0.25) is 0 Å². The van der Waals surface area contributed by atoms with Crippen molar-refractivity contribution < 1.29 is 4.74 Å². The Morgan fingerprint density at radius 3 is 2.83 bits per heavy atom. The minimum Gasteiger partial charge on any atom is -0.484 e. The third kappa shape index (κ3) is 3.29. The average molecular weight is 307 g/mol. The Morgan fingerprint density at radius 2 is 2.11 bits per heavy atom. The second-order valence-corrected chi connectivity index (χ2v) is 4.79. The van der Waals surface area contributed by atoms with Crippen LogP contribution in [0.3, 0.4) is 0 Å². The molecule has 0 aliphatic rings. The molecule has 0 fully saturated rings. The van der Waals surface area contributed by atoms with Crippen LogP contribution in [-0.2, 0) is 13.0 Å². The highest BCUT2D eigenvalue weighted by molar-refractivity contribution is 9.10. The number of aryl methyl sites for hydroxylation is 2. The summed E-state index contributed by atoms with van der Waals surface area (Å²) in [6, 6.07) is 7.93. The van der Waals surface area contributed by atoms with E-state index in [0.29, 0.717) is 6.61 Å². The Labute approximate surface area is 115 Å². The molecule has 94 valence electrons. The molecular weight excluding hydrogens is 292 g/mol. The summed E-state index contributed by atoms with van der Waals surface area (Å²) in [6.07, 6.45) is 2.82. The van der Waals surface area contributed by atoms with Gasteiger partial charge in [-0.25, -0.2) is 4.98 Å². The topological polar surface area (TPSA) is 35.0 Å². The van der Waals surface area contributed by atoms with Crippen molar-refractivity contribution >= 4 is 15.9 Å². The van der Waals surface area contributed by atoms with Crippen molar-refractivity contribution in [2.45, 2.75) is 26.9 Å². The molecule has 2 aromatic rings. The van der Waals surface area contributed by atoms with Crippen LogP contribution in [0.1, 0.15) is 23.9 Å². The molecule has 0 bridgehead atoms. The van der Waals surface area contributed by atoms with Gasteiger partial charge in [0, 0.05) is 11.9 Å². The van der Waals surface area contributed by atoms with Crippen molar-refractivity contribution in [2.75, 3.05) is 0 Å². The number of halogens is 1. The zero-order chi connectivity index (χ0) is 13.0. The van der Waals surface area contributed by atoms with Crippen molar-refractivity contribution in [3.63, 3.8) is 0 Å². The summed E-state index contributed by atoms with van der Waals surface area (Å²) < 4.78 is 6.44. The summed E-state index contributed by atoms with van der Waals surface area (Å²) in [5.74, 6) is 0.740. The molecule has 2 heterocycles. The molecule has 0 N–H and O–H groups in total. The minimum atomic E-state index is 0.456. The standard InChI is InChI=1S/C14H15BrN2O/c1-3-11-6-7-16-12(8-11)9-18-13-5-4-10(2)17-14(13)15/h4-8H,3,9H2,1-2H3. The maximum Gasteiger partial charge on any atom is 0.152 e. The van der Waals surface area contributed by atoms with Gasteiger partial charge in [-0.15, -0.1) is 0 Å². The maximum absolute atomic E-state index is 5.71. The second kappa shape index (κ2) is 5.96. The molecule has 0 atom stereocenters. The molecule has 0 saturated heterocycles. The van der Waals surface area contributed by atoms with Crippen LogP contribution >= 0.6 is 15.9 Å². The average Bonchev–Trinajstić information content (AvgIpc) is 2.38. The quantitative estimate of drug-likeness (QED) is 0.808. The van der Waals surface area contributed by atoms with Crippen molar-refractivity contribution in [3.8, 4) is 5.75 Å². The van der Waals surface area contributed by atoms with E-state index in [0.717, 1.165) is 28.2 Å². The lowest BCUT2D eigenvalue weighted by Gasteiger charge is -2.08. The highest BCUT2D eigenvalue weighted by Crippen LogP contribution is 2.23. The molecule has 0 aliphatic heterocycles. The van der Waals surface area contributed by atoms with Crippen molar-refractivity contribution in [1.82, 2.24) is 9.97 Å². The lowest BCUT2D eigenvalue weighted by Crippen LogP contribution is -2.00. The first-order valence-corrected chi connectivity index (χ1v) is 6.68. The summed E-state index contributed by atoms with van der Waals surface area (Å²) in [7, 11) is 0. The molecule has 0 radical (unpaired) electrons. The Balaban J connectivity index is 2.06. The van der Waals surface area contributed by atoms with E-state index in [9.17, 15) is 0 Å². The lowest BCUT2D eigenvalue weighted by atomic mass is 10.2. The maximum atomic E-state index is 5.71. The Bertz CT molecular complexity index is 543. The largest absolute Gasteiger partial charge is 0.484 e. The van der Waals surface area contributed by atoms with Gasteiger partial charge < -0.3 is 4.74 Å². The van der Waals surface area contributed by atoms with E-state index in [1.807, 2.05) is 31.3 Å². The summed E-state index contributed by atoms with van der Waals surface area (Å²) in [6.45, 7) is 4.53. The van der Waals surface area contributed by atoms with E-state index in [2.05, 4.69) is 38.9 Å². The fourth-order valence-electron chi connectivity index (χ4n) is 1.60. The number of hydrogen-bond donors (Lipinski definition) is 0. The molecule has 0 aromatic carbocycles. The van der Waals surface area contributed by atoms with E-state index in [4.69, 9.17) is 4.74 Å². The van der Waals surface area contributed by atoms with Crippen LogP contribution in [0.4, 0.5) is 0 Å². The van der Waals surface area contributed by atoms with Crippen molar-refractivity contribution in [3.05, 3.63) is 52.0 Å². The van der Waals surface area contributed by atoms with Crippen molar-refractivity contribution in [2.24, 2.45) is 0 Å². The normalized spacial score (nSPS) is 10.4. The molecular formula is C14H15BrN2O. The molecule has 4 heteroatoms. The fourth-order valence-corrected chi connectivity index (χ4v) is 2.12. The van der Waals surface area contributed by atoms with Gasteiger partial charge >= 0.3 is 0 Å². The summed E-state index contributed by atoms with van der Waals surface area (Å²) in [5.41, 5.74) is 3.16. The predicted octanol–water partition coefficient (Wildman–Crippen LogP) is 3.69. The number of rotatable bonds is 4. The van der Waals surface area contributed by atoms with Crippen LogP contribution in [0.25, 0.3) is 0 Å². The van der Waals surface area contributed by atoms with E-state index in [1.54, 1.807) is 0 Å². The van der Waals surface area contributed by atoms with Gasteiger partial charge in [0.15, 0.2) is 5.75 Å².